The van der Waals surface area contributed by atoms with Crippen molar-refractivity contribution < 1.29 is 8.81 Å². The van der Waals surface area contributed by atoms with Crippen molar-refractivity contribution in [3.05, 3.63) is 58.7 Å². The Morgan fingerprint density at radius 2 is 2.00 bits per heavy atom. The zero-order valence-corrected chi connectivity index (χ0v) is 12.2. The van der Waals surface area contributed by atoms with Crippen molar-refractivity contribution in [3.63, 3.8) is 0 Å². The van der Waals surface area contributed by atoms with Gasteiger partial charge in [-0.2, -0.15) is 0 Å². The van der Waals surface area contributed by atoms with E-state index in [2.05, 4.69) is 10.3 Å². The van der Waals surface area contributed by atoms with E-state index in [-0.39, 0.29) is 5.02 Å². The largest absolute Gasteiger partial charge is 0.441 e. The predicted molar refractivity (Wildman–Crippen MR) is 82.3 cm³/mol. The Bertz CT molecular complexity index is 729. The van der Waals surface area contributed by atoms with E-state index in [1.807, 2.05) is 31.2 Å². The predicted octanol–water partition coefficient (Wildman–Crippen LogP) is 4.58. The van der Waals surface area contributed by atoms with Crippen molar-refractivity contribution in [2.45, 2.75) is 13.3 Å². The highest BCUT2D eigenvalue weighted by molar-refractivity contribution is 6.31. The van der Waals surface area contributed by atoms with E-state index in [1.165, 1.54) is 17.7 Å². The number of fused-ring (bicyclic) bond motifs is 1. The molecule has 1 N–H and O–H groups in total. The zero-order chi connectivity index (χ0) is 14.8. The molecule has 0 aliphatic rings. The lowest BCUT2D eigenvalue weighted by Crippen LogP contribution is -2.04. The normalized spacial score (nSPS) is 11.0. The Morgan fingerprint density at radius 3 is 2.76 bits per heavy atom. The second kappa shape index (κ2) is 5.74. The molecule has 3 rings (SSSR count). The first-order valence-electron chi connectivity index (χ1n) is 6.67. The minimum absolute atomic E-state index is 0.0557. The summed E-state index contributed by atoms with van der Waals surface area (Å²) in [5.74, 6) is 0.0657. The molecule has 108 valence electrons. The lowest BCUT2D eigenvalue weighted by molar-refractivity contribution is 0.530. The third-order valence-electron chi connectivity index (χ3n) is 3.19. The third-order valence-corrected chi connectivity index (χ3v) is 3.48. The summed E-state index contributed by atoms with van der Waals surface area (Å²) in [7, 11) is 0. The van der Waals surface area contributed by atoms with Crippen LogP contribution in [0.2, 0.25) is 5.02 Å². The maximum Gasteiger partial charge on any atom is 0.197 e. The first-order valence-corrected chi connectivity index (χ1v) is 7.04. The minimum atomic E-state index is -0.496. The summed E-state index contributed by atoms with van der Waals surface area (Å²) >= 11 is 5.73. The lowest BCUT2D eigenvalue weighted by Gasteiger charge is -2.04. The standard InChI is InChI=1S/C16H14ClFN2O/c1-10-2-4-11(5-3-10)19-7-6-16-20-14-8-12(17)13(18)9-15(14)21-16/h2-5,8-9,19H,6-7H2,1H3. The second-order valence-corrected chi connectivity index (χ2v) is 5.29. The van der Waals surface area contributed by atoms with Gasteiger partial charge in [0.1, 0.15) is 11.3 Å². The second-order valence-electron chi connectivity index (χ2n) is 4.88. The Hall–Kier alpha value is -2.07. The zero-order valence-electron chi connectivity index (χ0n) is 11.5. The Balaban J connectivity index is 1.66. The number of rotatable bonds is 4. The summed E-state index contributed by atoms with van der Waals surface area (Å²) in [5.41, 5.74) is 3.26. The number of nitrogens with one attached hydrogen (secondary N) is 1. The number of aromatic nitrogens is 1. The molecule has 0 saturated heterocycles. The minimum Gasteiger partial charge on any atom is -0.441 e. The first-order chi connectivity index (χ1) is 10.1. The highest BCUT2D eigenvalue weighted by Crippen LogP contribution is 2.23. The maximum atomic E-state index is 13.3. The molecule has 0 unspecified atom stereocenters. The molecular weight excluding hydrogens is 291 g/mol. The van der Waals surface area contributed by atoms with Gasteiger partial charge in [-0.3, -0.25) is 0 Å². The van der Waals surface area contributed by atoms with Gasteiger partial charge in [0.15, 0.2) is 11.5 Å². The Labute approximate surface area is 126 Å². The van der Waals surface area contributed by atoms with Gasteiger partial charge in [-0.25, -0.2) is 9.37 Å². The van der Waals surface area contributed by atoms with Crippen LogP contribution in [-0.4, -0.2) is 11.5 Å². The van der Waals surface area contributed by atoms with E-state index < -0.39 is 5.82 Å². The van der Waals surface area contributed by atoms with Gasteiger partial charge in [0.2, 0.25) is 0 Å². The summed E-state index contributed by atoms with van der Waals surface area (Å²) in [5, 5.41) is 3.34. The highest BCUT2D eigenvalue weighted by Gasteiger charge is 2.09. The summed E-state index contributed by atoms with van der Waals surface area (Å²) < 4.78 is 18.8. The quantitative estimate of drug-likeness (QED) is 0.766. The number of oxazole rings is 1. The van der Waals surface area contributed by atoms with Gasteiger partial charge < -0.3 is 9.73 Å². The van der Waals surface area contributed by atoms with Crippen LogP contribution in [0.4, 0.5) is 10.1 Å². The van der Waals surface area contributed by atoms with Crippen molar-refractivity contribution in [3.8, 4) is 0 Å². The lowest BCUT2D eigenvalue weighted by atomic mass is 10.2. The number of hydrogen-bond acceptors (Lipinski definition) is 3. The van der Waals surface area contributed by atoms with Crippen LogP contribution in [0.15, 0.2) is 40.8 Å². The molecule has 21 heavy (non-hydrogen) atoms. The fourth-order valence-corrected chi connectivity index (χ4v) is 2.22. The first kappa shape index (κ1) is 13.9. The monoisotopic (exact) mass is 304 g/mol. The van der Waals surface area contributed by atoms with Crippen molar-refractivity contribution in [2.75, 3.05) is 11.9 Å². The van der Waals surface area contributed by atoms with Crippen molar-refractivity contribution >= 4 is 28.4 Å². The number of anilines is 1. The van der Waals surface area contributed by atoms with Crippen LogP contribution in [0.5, 0.6) is 0 Å². The van der Waals surface area contributed by atoms with E-state index in [0.717, 1.165) is 5.69 Å². The molecule has 0 aliphatic heterocycles. The molecule has 1 heterocycles. The van der Waals surface area contributed by atoms with Crippen LogP contribution in [0, 0.1) is 12.7 Å². The average Bonchev–Trinajstić information content (AvgIpc) is 2.83. The highest BCUT2D eigenvalue weighted by atomic mass is 35.5. The number of benzene rings is 2. The van der Waals surface area contributed by atoms with Crippen molar-refractivity contribution in [1.29, 1.82) is 0 Å². The third kappa shape index (κ3) is 3.16. The van der Waals surface area contributed by atoms with Crippen LogP contribution in [0.3, 0.4) is 0 Å². The van der Waals surface area contributed by atoms with Crippen LogP contribution in [-0.2, 0) is 6.42 Å². The molecule has 0 radical (unpaired) electrons. The number of aryl methyl sites for hydroxylation is 1. The molecule has 0 amide bonds. The fraction of sp³-hybridized carbons (Fsp3) is 0.188. The van der Waals surface area contributed by atoms with Crippen LogP contribution < -0.4 is 5.32 Å². The van der Waals surface area contributed by atoms with Crippen LogP contribution in [0.25, 0.3) is 11.1 Å². The number of nitrogens with zero attached hydrogens (tertiary/aromatic N) is 1. The van der Waals surface area contributed by atoms with E-state index in [9.17, 15) is 4.39 Å². The molecule has 0 aliphatic carbocycles. The van der Waals surface area contributed by atoms with E-state index in [4.69, 9.17) is 16.0 Å². The maximum absolute atomic E-state index is 13.3. The van der Waals surface area contributed by atoms with Gasteiger partial charge in [-0.1, -0.05) is 29.3 Å². The molecular formula is C16H14ClFN2O. The molecule has 3 aromatic rings. The van der Waals surface area contributed by atoms with Gasteiger partial charge >= 0.3 is 0 Å². The SMILES string of the molecule is Cc1ccc(NCCc2nc3cc(Cl)c(F)cc3o2)cc1. The van der Waals surface area contributed by atoms with Gasteiger partial charge in [0.05, 0.1) is 5.02 Å². The molecule has 5 heteroatoms. The molecule has 0 spiro atoms. The summed E-state index contributed by atoms with van der Waals surface area (Å²) in [4.78, 5) is 4.30. The van der Waals surface area contributed by atoms with Gasteiger partial charge in [-0.05, 0) is 25.1 Å². The number of hydrogen-bond donors (Lipinski definition) is 1. The van der Waals surface area contributed by atoms with Crippen molar-refractivity contribution in [2.24, 2.45) is 0 Å². The van der Waals surface area contributed by atoms with Gasteiger partial charge in [0, 0.05) is 24.7 Å². The van der Waals surface area contributed by atoms with Crippen LogP contribution >= 0.6 is 11.6 Å². The summed E-state index contributed by atoms with van der Waals surface area (Å²) in [6.07, 6.45) is 0.613. The van der Waals surface area contributed by atoms with Crippen molar-refractivity contribution in [1.82, 2.24) is 4.98 Å². The summed E-state index contributed by atoms with van der Waals surface area (Å²) in [6.45, 7) is 2.73. The van der Waals surface area contributed by atoms with E-state index in [0.29, 0.717) is 30.0 Å². The molecule has 0 bridgehead atoms. The topological polar surface area (TPSA) is 38.1 Å². The van der Waals surface area contributed by atoms with Gasteiger partial charge in [-0.15, -0.1) is 0 Å². The molecule has 1 aromatic heterocycles. The molecule has 0 atom stereocenters. The molecule has 3 nitrogen and oxygen atoms in total. The average molecular weight is 305 g/mol. The van der Waals surface area contributed by atoms with Crippen LogP contribution in [0.1, 0.15) is 11.5 Å². The summed E-state index contributed by atoms with van der Waals surface area (Å²) in [6, 6.07) is 10.9. The van der Waals surface area contributed by atoms with E-state index in [1.54, 1.807) is 0 Å². The Morgan fingerprint density at radius 1 is 1.24 bits per heavy atom. The molecule has 0 fully saturated rings. The number of halogens is 2. The van der Waals surface area contributed by atoms with E-state index >= 15 is 0 Å². The molecule has 0 saturated carbocycles. The molecule has 2 aromatic carbocycles. The van der Waals surface area contributed by atoms with Gasteiger partial charge in [0.25, 0.3) is 0 Å². The fourth-order valence-electron chi connectivity index (χ4n) is 2.06. The smallest absolute Gasteiger partial charge is 0.197 e. The Kier molecular flexibility index (Phi) is 3.80.